The van der Waals surface area contributed by atoms with E-state index < -0.39 is 0 Å². The summed E-state index contributed by atoms with van der Waals surface area (Å²) in [6, 6.07) is 3.46. The Labute approximate surface area is 111 Å². The minimum absolute atomic E-state index is 0.262. The molecule has 0 spiro atoms. The van der Waals surface area contributed by atoms with Crippen molar-refractivity contribution in [2.75, 3.05) is 6.61 Å². The van der Waals surface area contributed by atoms with Crippen molar-refractivity contribution < 1.29 is 14.0 Å². The standard InChI is InChI=1S/C14H18N2O3/c17-14(12-8-13-11(15-12)6-7-18-13)16-19-9-10-4-2-1-3-5-10/h6-8,10,15H,1-5,9H2,(H,16,17). The van der Waals surface area contributed by atoms with E-state index in [0.717, 1.165) is 5.52 Å². The van der Waals surface area contributed by atoms with Crippen LogP contribution in [0.5, 0.6) is 0 Å². The SMILES string of the molecule is O=C(NOCC1CCCCC1)c1cc2occc2[nH]1. The van der Waals surface area contributed by atoms with Gasteiger partial charge in [0.1, 0.15) is 5.69 Å². The molecule has 102 valence electrons. The Morgan fingerprint density at radius 2 is 2.26 bits per heavy atom. The second-order valence-electron chi connectivity index (χ2n) is 5.13. The topological polar surface area (TPSA) is 67.3 Å². The number of furan rings is 1. The molecule has 0 bridgehead atoms. The zero-order valence-electron chi connectivity index (χ0n) is 10.8. The zero-order valence-corrected chi connectivity index (χ0v) is 10.8. The second kappa shape index (κ2) is 5.48. The van der Waals surface area contributed by atoms with Gasteiger partial charge in [-0.3, -0.25) is 9.63 Å². The molecular formula is C14H18N2O3. The summed E-state index contributed by atoms with van der Waals surface area (Å²) in [4.78, 5) is 20.1. The highest BCUT2D eigenvalue weighted by molar-refractivity contribution is 5.96. The zero-order chi connectivity index (χ0) is 13.1. The minimum atomic E-state index is -0.262. The first-order valence-corrected chi connectivity index (χ1v) is 6.81. The third kappa shape index (κ3) is 2.81. The average Bonchev–Trinajstić information content (AvgIpc) is 3.00. The number of rotatable bonds is 4. The van der Waals surface area contributed by atoms with E-state index in [1.54, 1.807) is 18.4 Å². The molecule has 0 saturated heterocycles. The number of fused-ring (bicyclic) bond motifs is 1. The van der Waals surface area contributed by atoms with Gasteiger partial charge < -0.3 is 9.40 Å². The maximum absolute atomic E-state index is 11.8. The highest BCUT2D eigenvalue weighted by atomic mass is 16.7. The van der Waals surface area contributed by atoms with Crippen LogP contribution in [-0.2, 0) is 4.84 Å². The minimum Gasteiger partial charge on any atom is -0.463 e. The van der Waals surface area contributed by atoms with E-state index in [1.165, 1.54) is 32.1 Å². The summed E-state index contributed by atoms with van der Waals surface area (Å²) in [6.07, 6.45) is 7.85. The molecule has 2 aromatic heterocycles. The molecule has 2 N–H and O–H groups in total. The number of H-pyrrole nitrogens is 1. The maximum atomic E-state index is 11.8. The van der Waals surface area contributed by atoms with Gasteiger partial charge >= 0.3 is 0 Å². The first-order valence-electron chi connectivity index (χ1n) is 6.81. The fraction of sp³-hybridized carbons (Fsp3) is 0.500. The summed E-state index contributed by atoms with van der Waals surface area (Å²) >= 11 is 0. The number of aromatic amines is 1. The van der Waals surface area contributed by atoms with Crippen LogP contribution in [0.25, 0.3) is 11.1 Å². The van der Waals surface area contributed by atoms with E-state index in [9.17, 15) is 4.79 Å². The molecule has 3 rings (SSSR count). The van der Waals surface area contributed by atoms with Crippen molar-refractivity contribution in [3.05, 3.63) is 24.1 Å². The van der Waals surface area contributed by atoms with Crippen LogP contribution in [0.3, 0.4) is 0 Å². The van der Waals surface area contributed by atoms with Gasteiger partial charge in [-0.25, -0.2) is 5.48 Å². The molecule has 0 atom stereocenters. The van der Waals surface area contributed by atoms with Crippen molar-refractivity contribution in [1.82, 2.24) is 10.5 Å². The molecule has 2 heterocycles. The Kier molecular flexibility index (Phi) is 3.55. The van der Waals surface area contributed by atoms with Crippen LogP contribution >= 0.6 is 0 Å². The second-order valence-corrected chi connectivity index (χ2v) is 5.13. The van der Waals surface area contributed by atoms with Crippen molar-refractivity contribution in [1.29, 1.82) is 0 Å². The molecule has 0 unspecified atom stereocenters. The molecule has 19 heavy (non-hydrogen) atoms. The van der Waals surface area contributed by atoms with Gasteiger partial charge in [0.2, 0.25) is 0 Å². The van der Waals surface area contributed by atoms with Gasteiger partial charge in [-0.1, -0.05) is 19.3 Å². The van der Waals surface area contributed by atoms with E-state index >= 15 is 0 Å². The normalized spacial score (nSPS) is 16.8. The number of aromatic nitrogens is 1. The van der Waals surface area contributed by atoms with Crippen molar-refractivity contribution in [2.45, 2.75) is 32.1 Å². The Hall–Kier alpha value is -1.75. The molecule has 5 heteroatoms. The van der Waals surface area contributed by atoms with Crippen molar-refractivity contribution in [2.24, 2.45) is 5.92 Å². The summed E-state index contributed by atoms with van der Waals surface area (Å²) in [7, 11) is 0. The molecule has 0 radical (unpaired) electrons. The van der Waals surface area contributed by atoms with Crippen LogP contribution in [0.4, 0.5) is 0 Å². The lowest BCUT2D eigenvalue weighted by molar-refractivity contribution is 0.0104. The molecule has 0 aliphatic heterocycles. The van der Waals surface area contributed by atoms with Gasteiger partial charge in [0.05, 0.1) is 18.4 Å². The molecule has 2 aromatic rings. The fourth-order valence-corrected chi connectivity index (χ4v) is 2.60. The van der Waals surface area contributed by atoms with Crippen LogP contribution in [-0.4, -0.2) is 17.5 Å². The van der Waals surface area contributed by atoms with Crippen molar-refractivity contribution in [3.8, 4) is 0 Å². The van der Waals surface area contributed by atoms with Gasteiger partial charge in [-0.15, -0.1) is 0 Å². The molecule has 1 amide bonds. The number of amides is 1. The van der Waals surface area contributed by atoms with Crippen molar-refractivity contribution in [3.63, 3.8) is 0 Å². The third-order valence-corrected chi connectivity index (χ3v) is 3.69. The molecule has 5 nitrogen and oxygen atoms in total. The Bertz CT molecular complexity index is 523. The molecule has 1 saturated carbocycles. The molecule has 1 fully saturated rings. The lowest BCUT2D eigenvalue weighted by atomic mass is 9.90. The summed E-state index contributed by atoms with van der Waals surface area (Å²) in [5.41, 5.74) is 4.44. The van der Waals surface area contributed by atoms with Crippen LogP contribution in [0.2, 0.25) is 0 Å². The number of hydroxylamine groups is 1. The van der Waals surface area contributed by atoms with Gasteiger partial charge in [-0.2, -0.15) is 0 Å². The lowest BCUT2D eigenvalue weighted by Crippen LogP contribution is -2.27. The monoisotopic (exact) mass is 262 g/mol. The Morgan fingerprint density at radius 1 is 1.42 bits per heavy atom. The number of carbonyl (C=O) groups is 1. The highest BCUT2D eigenvalue weighted by Gasteiger charge is 2.15. The van der Waals surface area contributed by atoms with E-state index in [4.69, 9.17) is 9.25 Å². The quantitative estimate of drug-likeness (QED) is 0.832. The highest BCUT2D eigenvalue weighted by Crippen LogP contribution is 2.23. The van der Waals surface area contributed by atoms with Gasteiger partial charge in [0.15, 0.2) is 5.58 Å². The molecule has 1 aliphatic rings. The molecular weight excluding hydrogens is 244 g/mol. The predicted molar refractivity (Wildman–Crippen MR) is 70.6 cm³/mol. The van der Waals surface area contributed by atoms with Crippen molar-refractivity contribution >= 4 is 17.0 Å². The molecule has 0 aromatic carbocycles. The van der Waals surface area contributed by atoms with Crippen LogP contribution < -0.4 is 5.48 Å². The van der Waals surface area contributed by atoms with Gasteiger partial charge in [0.25, 0.3) is 5.91 Å². The average molecular weight is 262 g/mol. The van der Waals surface area contributed by atoms with E-state index in [0.29, 0.717) is 23.8 Å². The predicted octanol–water partition coefficient (Wildman–Crippen LogP) is 3.00. The number of hydrogen-bond acceptors (Lipinski definition) is 3. The summed E-state index contributed by atoms with van der Waals surface area (Å²) < 4.78 is 5.20. The smallest absolute Gasteiger partial charge is 0.291 e. The van der Waals surface area contributed by atoms with Gasteiger partial charge in [0, 0.05) is 12.1 Å². The van der Waals surface area contributed by atoms with Crippen LogP contribution in [0, 0.1) is 5.92 Å². The largest absolute Gasteiger partial charge is 0.463 e. The molecule has 1 aliphatic carbocycles. The summed E-state index contributed by atoms with van der Waals surface area (Å²) in [6.45, 7) is 0.600. The summed E-state index contributed by atoms with van der Waals surface area (Å²) in [5.74, 6) is 0.316. The fourth-order valence-electron chi connectivity index (χ4n) is 2.60. The van der Waals surface area contributed by atoms with Gasteiger partial charge in [-0.05, 0) is 18.8 Å². The number of hydrogen-bond donors (Lipinski definition) is 2. The summed E-state index contributed by atoms with van der Waals surface area (Å²) in [5, 5.41) is 0. The van der Waals surface area contributed by atoms with Crippen LogP contribution in [0.1, 0.15) is 42.6 Å². The number of carbonyl (C=O) groups excluding carboxylic acids is 1. The van der Waals surface area contributed by atoms with E-state index in [2.05, 4.69) is 10.5 Å². The Morgan fingerprint density at radius 3 is 3.05 bits per heavy atom. The maximum Gasteiger partial charge on any atom is 0.291 e. The lowest BCUT2D eigenvalue weighted by Gasteiger charge is -2.20. The number of nitrogens with one attached hydrogen (secondary N) is 2. The van der Waals surface area contributed by atoms with E-state index in [1.807, 2.05) is 0 Å². The van der Waals surface area contributed by atoms with Crippen LogP contribution in [0.15, 0.2) is 22.8 Å². The first kappa shape index (κ1) is 12.3. The first-order chi connectivity index (χ1) is 9.33. The van der Waals surface area contributed by atoms with E-state index in [-0.39, 0.29) is 5.91 Å². The third-order valence-electron chi connectivity index (χ3n) is 3.69. The Balaban J connectivity index is 1.49.